The molecule has 0 amide bonds. The first kappa shape index (κ1) is 11.8. The topological polar surface area (TPSA) is 46.2 Å². The van der Waals surface area contributed by atoms with Gasteiger partial charge in [0, 0.05) is 6.04 Å². The summed E-state index contributed by atoms with van der Waals surface area (Å²) in [6, 6.07) is 2.42. The van der Waals surface area contributed by atoms with Gasteiger partial charge in [0.05, 0.1) is 5.56 Å². The maximum atomic E-state index is 12.4. The summed E-state index contributed by atoms with van der Waals surface area (Å²) < 4.78 is 37.1. The van der Waals surface area contributed by atoms with Crippen LogP contribution in [-0.4, -0.2) is 5.11 Å². The Labute approximate surface area is 85.5 Å². The van der Waals surface area contributed by atoms with Crippen molar-refractivity contribution in [3.05, 3.63) is 29.3 Å². The summed E-state index contributed by atoms with van der Waals surface area (Å²) in [4.78, 5) is 0. The van der Waals surface area contributed by atoms with E-state index in [1.807, 2.05) is 0 Å². The van der Waals surface area contributed by atoms with Crippen LogP contribution in [0.5, 0.6) is 5.75 Å². The molecule has 1 rings (SSSR count). The summed E-state index contributed by atoms with van der Waals surface area (Å²) in [6.07, 6.45) is -3.94. The van der Waals surface area contributed by atoms with Crippen molar-refractivity contribution in [2.45, 2.75) is 25.6 Å². The Morgan fingerprint density at radius 2 is 1.93 bits per heavy atom. The van der Waals surface area contributed by atoms with Gasteiger partial charge in [-0.05, 0) is 30.2 Å². The minimum atomic E-state index is -4.46. The third kappa shape index (κ3) is 2.86. The van der Waals surface area contributed by atoms with E-state index in [0.717, 1.165) is 6.07 Å². The molecule has 0 fully saturated rings. The van der Waals surface area contributed by atoms with Gasteiger partial charge in [-0.3, -0.25) is 0 Å². The van der Waals surface area contributed by atoms with Crippen LogP contribution >= 0.6 is 0 Å². The summed E-state index contributed by atoms with van der Waals surface area (Å²) in [7, 11) is 0. The molecule has 0 aliphatic carbocycles. The summed E-state index contributed by atoms with van der Waals surface area (Å²) >= 11 is 0. The van der Waals surface area contributed by atoms with E-state index in [9.17, 15) is 13.2 Å². The summed E-state index contributed by atoms with van der Waals surface area (Å²) in [6.45, 7) is 1.77. The molecule has 84 valence electrons. The zero-order valence-electron chi connectivity index (χ0n) is 8.17. The first-order valence-electron chi connectivity index (χ1n) is 4.51. The zero-order chi connectivity index (χ0) is 11.6. The minimum Gasteiger partial charge on any atom is -0.508 e. The molecule has 0 saturated carbocycles. The van der Waals surface area contributed by atoms with Gasteiger partial charge in [-0.1, -0.05) is 6.92 Å². The van der Waals surface area contributed by atoms with Crippen LogP contribution in [0, 0.1) is 0 Å². The Balaban J connectivity index is 3.17. The highest BCUT2D eigenvalue weighted by Crippen LogP contribution is 2.33. The first-order valence-corrected chi connectivity index (χ1v) is 4.51. The standard InChI is InChI=1S/C10H12F3NO/c1-2-9(14)6-3-7(10(11,12)13)5-8(15)4-6/h3-5,9,15H,2,14H2,1H3/t9-/m1/s1. The van der Waals surface area contributed by atoms with Crippen molar-refractivity contribution >= 4 is 0 Å². The molecule has 2 nitrogen and oxygen atoms in total. The number of benzene rings is 1. The average Bonchev–Trinajstić information content (AvgIpc) is 2.14. The second kappa shape index (κ2) is 4.10. The van der Waals surface area contributed by atoms with E-state index in [-0.39, 0.29) is 0 Å². The maximum Gasteiger partial charge on any atom is 0.416 e. The molecule has 0 heterocycles. The summed E-state index contributed by atoms with van der Waals surface area (Å²) in [5.74, 6) is -0.413. The molecule has 0 spiro atoms. The Kier molecular flexibility index (Phi) is 3.24. The molecule has 0 radical (unpaired) electrons. The quantitative estimate of drug-likeness (QED) is 0.803. The minimum absolute atomic E-state index is 0.296. The van der Waals surface area contributed by atoms with Gasteiger partial charge >= 0.3 is 6.18 Å². The molecule has 1 aromatic rings. The van der Waals surface area contributed by atoms with Crippen molar-refractivity contribution < 1.29 is 18.3 Å². The first-order chi connectivity index (χ1) is 6.84. The van der Waals surface area contributed by atoms with Crippen molar-refractivity contribution in [2.24, 2.45) is 5.73 Å². The second-order valence-electron chi connectivity index (χ2n) is 3.33. The second-order valence-corrected chi connectivity index (χ2v) is 3.33. The van der Waals surface area contributed by atoms with Gasteiger partial charge in [0.25, 0.3) is 0 Å². The number of rotatable bonds is 2. The van der Waals surface area contributed by atoms with Crippen molar-refractivity contribution in [2.75, 3.05) is 0 Å². The van der Waals surface area contributed by atoms with Gasteiger partial charge < -0.3 is 10.8 Å². The molecule has 3 N–H and O–H groups in total. The fourth-order valence-electron chi connectivity index (χ4n) is 1.25. The van der Waals surface area contributed by atoms with Crippen LogP contribution in [0.2, 0.25) is 0 Å². The van der Waals surface area contributed by atoms with Crippen LogP contribution in [-0.2, 0) is 6.18 Å². The number of aromatic hydroxyl groups is 1. The molecule has 0 saturated heterocycles. The number of phenolic OH excluding ortho intramolecular Hbond substituents is 1. The normalized spacial score (nSPS) is 13.9. The number of halogens is 3. The average molecular weight is 219 g/mol. The third-order valence-electron chi connectivity index (χ3n) is 2.14. The van der Waals surface area contributed by atoms with Gasteiger partial charge in [0.15, 0.2) is 0 Å². The molecule has 5 heteroatoms. The Hall–Kier alpha value is -1.23. The van der Waals surface area contributed by atoms with E-state index in [2.05, 4.69) is 0 Å². The lowest BCUT2D eigenvalue weighted by Gasteiger charge is -2.13. The molecule has 1 aromatic carbocycles. The van der Waals surface area contributed by atoms with Crippen LogP contribution in [0.4, 0.5) is 13.2 Å². The molecule has 1 atom stereocenters. The van der Waals surface area contributed by atoms with E-state index in [4.69, 9.17) is 10.8 Å². The van der Waals surface area contributed by atoms with E-state index in [0.29, 0.717) is 18.1 Å². The van der Waals surface area contributed by atoms with Crippen LogP contribution in [0.25, 0.3) is 0 Å². The van der Waals surface area contributed by atoms with E-state index >= 15 is 0 Å². The number of hydrogen-bond acceptors (Lipinski definition) is 2. The van der Waals surface area contributed by atoms with Crippen molar-refractivity contribution in [3.8, 4) is 5.75 Å². The molecule has 0 aliphatic heterocycles. The lowest BCUT2D eigenvalue weighted by atomic mass is 10.0. The monoisotopic (exact) mass is 219 g/mol. The number of hydrogen-bond donors (Lipinski definition) is 2. The predicted molar refractivity (Wildman–Crippen MR) is 50.3 cm³/mol. The largest absolute Gasteiger partial charge is 0.508 e. The molecular formula is C10H12F3NO. The van der Waals surface area contributed by atoms with E-state index in [1.54, 1.807) is 6.92 Å². The molecule has 0 aliphatic rings. The fraction of sp³-hybridized carbons (Fsp3) is 0.400. The lowest BCUT2D eigenvalue weighted by Crippen LogP contribution is -2.11. The predicted octanol–water partition coefficient (Wildman–Crippen LogP) is 2.82. The molecule has 0 aromatic heterocycles. The third-order valence-corrected chi connectivity index (χ3v) is 2.14. The van der Waals surface area contributed by atoms with Gasteiger partial charge in [-0.15, -0.1) is 0 Å². The molecule has 0 bridgehead atoms. The maximum absolute atomic E-state index is 12.4. The Bertz CT molecular complexity index is 349. The molecule has 0 unspecified atom stereocenters. The highest BCUT2D eigenvalue weighted by atomic mass is 19.4. The summed E-state index contributed by atoms with van der Waals surface area (Å²) in [5, 5.41) is 9.15. The highest BCUT2D eigenvalue weighted by molar-refractivity contribution is 5.36. The zero-order valence-corrected chi connectivity index (χ0v) is 8.17. The number of alkyl halides is 3. The number of phenols is 1. The van der Waals surface area contributed by atoms with Crippen LogP contribution < -0.4 is 5.73 Å². The van der Waals surface area contributed by atoms with Crippen LogP contribution in [0.1, 0.15) is 30.5 Å². The van der Waals surface area contributed by atoms with Gasteiger partial charge in [0.1, 0.15) is 5.75 Å². The Morgan fingerprint density at radius 1 is 1.33 bits per heavy atom. The van der Waals surface area contributed by atoms with Gasteiger partial charge in [-0.25, -0.2) is 0 Å². The van der Waals surface area contributed by atoms with Crippen molar-refractivity contribution in [3.63, 3.8) is 0 Å². The van der Waals surface area contributed by atoms with Crippen LogP contribution in [0.15, 0.2) is 18.2 Å². The van der Waals surface area contributed by atoms with E-state index < -0.39 is 23.5 Å². The number of nitrogens with two attached hydrogens (primary N) is 1. The smallest absolute Gasteiger partial charge is 0.416 e. The lowest BCUT2D eigenvalue weighted by molar-refractivity contribution is -0.137. The van der Waals surface area contributed by atoms with Gasteiger partial charge in [-0.2, -0.15) is 13.2 Å². The van der Waals surface area contributed by atoms with Gasteiger partial charge in [0.2, 0.25) is 0 Å². The van der Waals surface area contributed by atoms with Crippen LogP contribution in [0.3, 0.4) is 0 Å². The SMILES string of the molecule is CC[C@@H](N)c1cc(O)cc(C(F)(F)F)c1. The highest BCUT2D eigenvalue weighted by Gasteiger charge is 2.31. The van der Waals surface area contributed by atoms with Crippen molar-refractivity contribution in [1.82, 2.24) is 0 Å². The van der Waals surface area contributed by atoms with E-state index in [1.165, 1.54) is 6.07 Å². The molecular weight excluding hydrogens is 207 g/mol. The fourth-order valence-corrected chi connectivity index (χ4v) is 1.25. The Morgan fingerprint density at radius 3 is 2.40 bits per heavy atom. The van der Waals surface area contributed by atoms with Crippen molar-refractivity contribution in [1.29, 1.82) is 0 Å². The molecule has 15 heavy (non-hydrogen) atoms. The summed E-state index contributed by atoms with van der Waals surface area (Å²) in [5.41, 5.74) is 5.02.